The van der Waals surface area contributed by atoms with Crippen LogP contribution in [0.3, 0.4) is 0 Å². The number of benzene rings is 2. The molecule has 1 saturated heterocycles. The first-order chi connectivity index (χ1) is 11.6. The number of nitrogens with two attached hydrogens (primary N) is 1. The third-order valence-corrected chi connectivity index (χ3v) is 4.31. The van der Waals surface area contributed by atoms with Gasteiger partial charge in [-0.2, -0.15) is 0 Å². The van der Waals surface area contributed by atoms with Gasteiger partial charge >= 0.3 is 0 Å². The van der Waals surface area contributed by atoms with E-state index < -0.39 is 0 Å². The predicted molar refractivity (Wildman–Crippen MR) is 95.7 cm³/mol. The average Bonchev–Trinajstić information content (AvgIpc) is 3.09. The number of nitrogen functional groups attached to an aromatic ring is 1. The van der Waals surface area contributed by atoms with Crippen LogP contribution in [0.4, 0.5) is 21.5 Å². The van der Waals surface area contributed by atoms with Gasteiger partial charge in [0.1, 0.15) is 5.82 Å². The van der Waals surface area contributed by atoms with E-state index in [1.54, 1.807) is 12.1 Å². The highest BCUT2D eigenvalue weighted by Gasteiger charge is 2.15. The first-order valence-electron chi connectivity index (χ1n) is 8.30. The molecule has 0 bridgehead atoms. The maximum atomic E-state index is 12.8. The summed E-state index contributed by atoms with van der Waals surface area (Å²) in [5.74, 6) is -0.412. The van der Waals surface area contributed by atoms with Crippen molar-refractivity contribution in [2.24, 2.45) is 0 Å². The number of nitrogens with one attached hydrogen (secondary N) is 1. The van der Waals surface area contributed by atoms with Gasteiger partial charge in [-0.1, -0.05) is 6.07 Å². The summed E-state index contributed by atoms with van der Waals surface area (Å²) in [6.45, 7) is 2.12. The molecule has 0 atom stereocenters. The van der Waals surface area contributed by atoms with Gasteiger partial charge in [0.25, 0.3) is 0 Å². The van der Waals surface area contributed by atoms with Gasteiger partial charge in [-0.15, -0.1) is 0 Å². The Balaban J connectivity index is 1.55. The molecule has 2 aromatic rings. The smallest absolute Gasteiger partial charge is 0.224 e. The van der Waals surface area contributed by atoms with Crippen LogP contribution < -0.4 is 16.0 Å². The number of anilines is 3. The Morgan fingerprint density at radius 1 is 1.12 bits per heavy atom. The van der Waals surface area contributed by atoms with Crippen LogP contribution >= 0.6 is 0 Å². The highest BCUT2D eigenvalue weighted by molar-refractivity contribution is 5.90. The zero-order chi connectivity index (χ0) is 16.9. The van der Waals surface area contributed by atoms with E-state index in [4.69, 9.17) is 5.73 Å². The summed E-state index contributed by atoms with van der Waals surface area (Å²) in [6.07, 6.45) is 3.41. The lowest BCUT2D eigenvalue weighted by Crippen LogP contribution is -2.19. The second kappa shape index (κ2) is 7.34. The van der Waals surface area contributed by atoms with Crippen molar-refractivity contribution in [3.8, 4) is 0 Å². The molecule has 0 unspecified atom stereocenters. The Bertz CT molecular complexity index is 709. The maximum absolute atomic E-state index is 12.8. The normalized spacial score (nSPS) is 14.0. The Kier molecular flexibility index (Phi) is 4.99. The molecule has 0 aromatic heterocycles. The van der Waals surface area contributed by atoms with Crippen molar-refractivity contribution in [3.63, 3.8) is 0 Å². The lowest BCUT2D eigenvalue weighted by atomic mass is 10.1. The van der Waals surface area contributed by atoms with Gasteiger partial charge in [0.15, 0.2) is 0 Å². The summed E-state index contributed by atoms with van der Waals surface area (Å²) in [5.41, 5.74) is 9.68. The standard InChI is InChI=1S/C19H22FN3O/c20-15-5-7-16(8-6-15)22-19(24)10-4-14-3-9-18(17(21)13-14)23-11-1-2-12-23/h3,5-9,13H,1-2,4,10-12,21H2,(H,22,24). The van der Waals surface area contributed by atoms with Crippen LogP contribution in [0, 0.1) is 5.82 Å². The number of hydrogen-bond acceptors (Lipinski definition) is 3. The van der Waals surface area contributed by atoms with E-state index in [0.29, 0.717) is 18.5 Å². The van der Waals surface area contributed by atoms with Crippen LogP contribution in [0.25, 0.3) is 0 Å². The minimum Gasteiger partial charge on any atom is -0.397 e. The molecule has 0 radical (unpaired) electrons. The average molecular weight is 327 g/mol. The fourth-order valence-electron chi connectivity index (χ4n) is 3.02. The molecule has 1 amide bonds. The molecule has 4 nitrogen and oxygen atoms in total. The van der Waals surface area contributed by atoms with E-state index in [1.807, 2.05) is 18.2 Å². The zero-order valence-electron chi connectivity index (χ0n) is 13.6. The van der Waals surface area contributed by atoms with Gasteiger partial charge in [-0.3, -0.25) is 4.79 Å². The Morgan fingerprint density at radius 2 is 1.83 bits per heavy atom. The lowest BCUT2D eigenvalue weighted by molar-refractivity contribution is -0.116. The molecule has 1 fully saturated rings. The number of carbonyl (C=O) groups excluding carboxylic acids is 1. The minimum absolute atomic E-state index is 0.0937. The van der Waals surface area contributed by atoms with Gasteiger partial charge < -0.3 is 16.0 Å². The molecule has 126 valence electrons. The number of halogens is 1. The highest BCUT2D eigenvalue weighted by atomic mass is 19.1. The fraction of sp³-hybridized carbons (Fsp3) is 0.316. The zero-order valence-corrected chi connectivity index (χ0v) is 13.6. The summed E-state index contributed by atoms with van der Waals surface area (Å²) in [5, 5.41) is 2.77. The van der Waals surface area contributed by atoms with Gasteiger partial charge in [0, 0.05) is 25.2 Å². The molecule has 0 aliphatic carbocycles. The SMILES string of the molecule is Nc1cc(CCC(=O)Nc2ccc(F)cc2)ccc1N1CCCC1. The number of carbonyl (C=O) groups is 1. The summed E-state index contributed by atoms with van der Waals surface area (Å²) < 4.78 is 12.8. The first-order valence-corrected chi connectivity index (χ1v) is 8.30. The molecule has 3 N–H and O–H groups in total. The summed E-state index contributed by atoms with van der Waals surface area (Å²) in [4.78, 5) is 14.3. The highest BCUT2D eigenvalue weighted by Crippen LogP contribution is 2.28. The predicted octanol–water partition coefficient (Wildman–Crippen LogP) is 3.58. The van der Waals surface area contributed by atoms with Gasteiger partial charge in [0.2, 0.25) is 5.91 Å². The molecular formula is C19H22FN3O. The monoisotopic (exact) mass is 327 g/mol. The first kappa shape index (κ1) is 16.3. The van der Waals surface area contributed by atoms with E-state index in [2.05, 4.69) is 10.2 Å². The number of amides is 1. The van der Waals surface area contributed by atoms with Crippen molar-refractivity contribution in [2.45, 2.75) is 25.7 Å². The van der Waals surface area contributed by atoms with Crippen LogP contribution in [0.15, 0.2) is 42.5 Å². The van der Waals surface area contributed by atoms with Crippen LogP contribution in [-0.2, 0) is 11.2 Å². The van der Waals surface area contributed by atoms with Crippen molar-refractivity contribution < 1.29 is 9.18 Å². The molecular weight excluding hydrogens is 305 g/mol. The topological polar surface area (TPSA) is 58.4 Å². The number of rotatable bonds is 5. The summed E-state index contributed by atoms with van der Waals surface area (Å²) in [6, 6.07) is 11.8. The Labute approximate surface area is 141 Å². The second-order valence-corrected chi connectivity index (χ2v) is 6.14. The molecule has 3 rings (SSSR count). The van der Waals surface area contributed by atoms with Crippen LogP contribution in [0.2, 0.25) is 0 Å². The molecule has 1 aliphatic rings. The lowest BCUT2D eigenvalue weighted by Gasteiger charge is -2.20. The molecule has 0 saturated carbocycles. The van der Waals surface area contributed by atoms with Crippen LogP contribution in [0.1, 0.15) is 24.8 Å². The largest absolute Gasteiger partial charge is 0.397 e. The van der Waals surface area contributed by atoms with E-state index in [0.717, 1.165) is 30.0 Å². The second-order valence-electron chi connectivity index (χ2n) is 6.14. The van der Waals surface area contributed by atoms with Crippen LogP contribution in [0.5, 0.6) is 0 Å². The summed E-state index contributed by atoms with van der Waals surface area (Å²) >= 11 is 0. The molecule has 1 heterocycles. The third-order valence-electron chi connectivity index (χ3n) is 4.31. The summed E-state index contributed by atoms with van der Waals surface area (Å²) in [7, 11) is 0. The molecule has 2 aromatic carbocycles. The number of aryl methyl sites for hydroxylation is 1. The molecule has 24 heavy (non-hydrogen) atoms. The van der Waals surface area contributed by atoms with E-state index in [1.165, 1.54) is 25.0 Å². The van der Waals surface area contributed by atoms with Crippen molar-refractivity contribution in [1.29, 1.82) is 0 Å². The van der Waals surface area contributed by atoms with E-state index in [9.17, 15) is 9.18 Å². The minimum atomic E-state index is -0.318. The fourth-order valence-corrected chi connectivity index (χ4v) is 3.02. The Morgan fingerprint density at radius 3 is 2.50 bits per heavy atom. The quantitative estimate of drug-likeness (QED) is 0.825. The van der Waals surface area contributed by atoms with Crippen molar-refractivity contribution in [1.82, 2.24) is 0 Å². The van der Waals surface area contributed by atoms with Gasteiger partial charge in [-0.05, 0) is 61.2 Å². The van der Waals surface area contributed by atoms with Crippen LogP contribution in [-0.4, -0.2) is 19.0 Å². The van der Waals surface area contributed by atoms with Crippen molar-refractivity contribution >= 4 is 23.0 Å². The molecule has 5 heteroatoms. The van der Waals surface area contributed by atoms with E-state index in [-0.39, 0.29) is 11.7 Å². The number of nitrogens with zero attached hydrogens (tertiary/aromatic N) is 1. The molecule has 1 aliphatic heterocycles. The van der Waals surface area contributed by atoms with E-state index >= 15 is 0 Å². The number of hydrogen-bond donors (Lipinski definition) is 2. The Hall–Kier alpha value is -2.56. The maximum Gasteiger partial charge on any atom is 0.224 e. The van der Waals surface area contributed by atoms with Gasteiger partial charge in [0.05, 0.1) is 11.4 Å². The molecule has 0 spiro atoms. The van der Waals surface area contributed by atoms with Gasteiger partial charge in [-0.25, -0.2) is 4.39 Å². The van der Waals surface area contributed by atoms with Crippen molar-refractivity contribution in [3.05, 3.63) is 53.8 Å². The van der Waals surface area contributed by atoms with Crippen molar-refractivity contribution in [2.75, 3.05) is 29.0 Å². The third kappa shape index (κ3) is 4.04.